The second-order valence-electron chi connectivity index (χ2n) is 4.63. The molecule has 2 rings (SSSR count). The lowest BCUT2D eigenvalue weighted by molar-refractivity contribution is 0.604. The van der Waals surface area contributed by atoms with Crippen molar-refractivity contribution in [1.29, 1.82) is 0 Å². The zero-order valence-corrected chi connectivity index (χ0v) is 12.1. The van der Waals surface area contributed by atoms with E-state index in [9.17, 15) is 4.39 Å². The minimum absolute atomic E-state index is 0.207. The molecule has 1 aromatic rings. The van der Waals surface area contributed by atoms with Crippen LogP contribution in [0.2, 0.25) is 0 Å². The summed E-state index contributed by atoms with van der Waals surface area (Å²) in [5.41, 5.74) is 0.621. The molecule has 0 saturated heterocycles. The standard InChI is InChI=1S/C13H17BrFN3/c1-8-5-12(8)18-13(16-2)17-7-9-6-10(14)3-4-11(9)15/h3-4,6,8,12H,5,7H2,1-2H3,(H2,16,17,18). The van der Waals surface area contributed by atoms with Gasteiger partial charge >= 0.3 is 0 Å². The summed E-state index contributed by atoms with van der Waals surface area (Å²) in [5, 5.41) is 6.42. The van der Waals surface area contributed by atoms with Crippen LogP contribution >= 0.6 is 15.9 Å². The van der Waals surface area contributed by atoms with Gasteiger partial charge in [-0.25, -0.2) is 4.39 Å². The summed E-state index contributed by atoms with van der Waals surface area (Å²) in [6.45, 7) is 2.62. The summed E-state index contributed by atoms with van der Waals surface area (Å²) >= 11 is 3.34. The van der Waals surface area contributed by atoms with Crippen LogP contribution in [-0.2, 0) is 6.54 Å². The highest BCUT2D eigenvalue weighted by atomic mass is 79.9. The molecular weight excluding hydrogens is 297 g/mol. The molecule has 2 unspecified atom stereocenters. The Balaban J connectivity index is 1.91. The summed E-state index contributed by atoms with van der Waals surface area (Å²) in [4.78, 5) is 4.13. The van der Waals surface area contributed by atoms with Gasteiger partial charge in [-0.3, -0.25) is 4.99 Å². The van der Waals surface area contributed by atoms with E-state index in [1.54, 1.807) is 19.2 Å². The first-order valence-electron chi connectivity index (χ1n) is 6.01. The van der Waals surface area contributed by atoms with E-state index in [1.807, 2.05) is 0 Å². The van der Waals surface area contributed by atoms with E-state index in [2.05, 4.69) is 38.5 Å². The maximum absolute atomic E-state index is 13.5. The summed E-state index contributed by atoms with van der Waals surface area (Å²) in [6.07, 6.45) is 1.17. The van der Waals surface area contributed by atoms with Gasteiger partial charge in [-0.2, -0.15) is 0 Å². The van der Waals surface area contributed by atoms with Crippen LogP contribution in [0.25, 0.3) is 0 Å². The summed E-state index contributed by atoms with van der Waals surface area (Å²) < 4.78 is 14.4. The quantitative estimate of drug-likeness (QED) is 0.665. The van der Waals surface area contributed by atoms with Crippen molar-refractivity contribution in [3.63, 3.8) is 0 Å². The third kappa shape index (κ3) is 3.45. The van der Waals surface area contributed by atoms with Gasteiger partial charge in [0, 0.05) is 29.7 Å². The molecule has 0 radical (unpaired) electrons. The third-order valence-corrected chi connectivity index (χ3v) is 3.60. The zero-order chi connectivity index (χ0) is 13.1. The lowest BCUT2D eigenvalue weighted by Gasteiger charge is -2.12. The monoisotopic (exact) mass is 313 g/mol. The van der Waals surface area contributed by atoms with Gasteiger partial charge in [0.15, 0.2) is 5.96 Å². The molecule has 0 bridgehead atoms. The number of hydrogen-bond donors (Lipinski definition) is 2. The molecular formula is C13H17BrFN3. The van der Waals surface area contributed by atoms with Gasteiger partial charge in [-0.15, -0.1) is 0 Å². The number of guanidine groups is 1. The molecule has 0 heterocycles. The molecule has 5 heteroatoms. The first-order chi connectivity index (χ1) is 8.60. The van der Waals surface area contributed by atoms with E-state index in [1.165, 1.54) is 12.5 Å². The molecule has 2 N–H and O–H groups in total. The lowest BCUT2D eigenvalue weighted by Crippen LogP contribution is -2.38. The molecule has 98 valence electrons. The molecule has 0 amide bonds. The van der Waals surface area contributed by atoms with Crippen LogP contribution < -0.4 is 10.6 Å². The van der Waals surface area contributed by atoms with Crippen molar-refractivity contribution in [1.82, 2.24) is 10.6 Å². The second kappa shape index (κ2) is 5.69. The van der Waals surface area contributed by atoms with Gasteiger partial charge < -0.3 is 10.6 Å². The third-order valence-electron chi connectivity index (χ3n) is 3.11. The molecule has 0 aromatic heterocycles. The number of benzene rings is 1. The second-order valence-corrected chi connectivity index (χ2v) is 5.54. The lowest BCUT2D eigenvalue weighted by atomic mass is 10.2. The van der Waals surface area contributed by atoms with Gasteiger partial charge in [-0.1, -0.05) is 22.9 Å². The summed E-state index contributed by atoms with van der Waals surface area (Å²) in [7, 11) is 1.72. The average Bonchev–Trinajstić information content (AvgIpc) is 3.04. The van der Waals surface area contributed by atoms with Crippen LogP contribution in [0.15, 0.2) is 27.7 Å². The van der Waals surface area contributed by atoms with E-state index < -0.39 is 0 Å². The fourth-order valence-corrected chi connectivity index (χ4v) is 2.16. The molecule has 3 nitrogen and oxygen atoms in total. The van der Waals surface area contributed by atoms with Crippen molar-refractivity contribution in [2.24, 2.45) is 10.9 Å². The number of aliphatic imine (C=N–C) groups is 1. The Morgan fingerprint density at radius 3 is 2.89 bits per heavy atom. The Morgan fingerprint density at radius 1 is 1.56 bits per heavy atom. The fraction of sp³-hybridized carbons (Fsp3) is 0.462. The summed E-state index contributed by atoms with van der Waals surface area (Å²) in [6, 6.07) is 5.43. The zero-order valence-electron chi connectivity index (χ0n) is 10.5. The first-order valence-corrected chi connectivity index (χ1v) is 6.80. The maximum atomic E-state index is 13.5. The first kappa shape index (κ1) is 13.3. The summed E-state index contributed by atoms with van der Waals surface area (Å²) in [5.74, 6) is 1.22. The number of rotatable bonds is 3. The van der Waals surface area contributed by atoms with Crippen LogP contribution in [0.3, 0.4) is 0 Å². The van der Waals surface area contributed by atoms with Crippen molar-refractivity contribution in [2.75, 3.05) is 7.05 Å². The molecule has 18 heavy (non-hydrogen) atoms. The molecule has 1 aliphatic carbocycles. The predicted molar refractivity (Wildman–Crippen MR) is 75.0 cm³/mol. The van der Waals surface area contributed by atoms with Crippen LogP contribution in [-0.4, -0.2) is 19.0 Å². The Bertz CT molecular complexity index is 462. The maximum Gasteiger partial charge on any atom is 0.191 e. The number of nitrogens with one attached hydrogen (secondary N) is 2. The highest BCUT2D eigenvalue weighted by Gasteiger charge is 2.33. The highest BCUT2D eigenvalue weighted by molar-refractivity contribution is 9.10. The minimum Gasteiger partial charge on any atom is -0.353 e. The Kier molecular flexibility index (Phi) is 4.22. The Hall–Kier alpha value is -1.10. The van der Waals surface area contributed by atoms with E-state index in [0.717, 1.165) is 10.4 Å². The van der Waals surface area contributed by atoms with Gasteiger partial charge in [0.25, 0.3) is 0 Å². The van der Waals surface area contributed by atoms with Crippen LogP contribution in [0.5, 0.6) is 0 Å². The Labute approximate surface area is 115 Å². The number of nitrogens with zero attached hydrogens (tertiary/aromatic N) is 1. The van der Waals surface area contributed by atoms with E-state index in [4.69, 9.17) is 0 Å². The van der Waals surface area contributed by atoms with E-state index in [0.29, 0.717) is 24.1 Å². The molecule has 1 aromatic carbocycles. The highest BCUT2D eigenvalue weighted by Crippen LogP contribution is 2.28. The predicted octanol–water partition coefficient (Wildman–Crippen LogP) is 2.66. The minimum atomic E-state index is -0.207. The molecule has 1 saturated carbocycles. The van der Waals surface area contributed by atoms with Gasteiger partial charge in [0.2, 0.25) is 0 Å². The van der Waals surface area contributed by atoms with Crippen molar-refractivity contribution in [2.45, 2.75) is 25.9 Å². The van der Waals surface area contributed by atoms with E-state index in [-0.39, 0.29) is 5.82 Å². The van der Waals surface area contributed by atoms with Crippen LogP contribution in [0.1, 0.15) is 18.9 Å². The van der Waals surface area contributed by atoms with Crippen molar-refractivity contribution in [3.05, 3.63) is 34.1 Å². The molecule has 2 atom stereocenters. The SMILES string of the molecule is CN=C(NCc1cc(Br)ccc1F)NC1CC1C. The molecule has 1 fully saturated rings. The smallest absolute Gasteiger partial charge is 0.191 e. The van der Waals surface area contributed by atoms with Gasteiger partial charge in [-0.05, 0) is 30.5 Å². The fourth-order valence-electron chi connectivity index (χ4n) is 1.75. The molecule has 1 aliphatic rings. The normalized spacial score (nSPS) is 22.8. The average molecular weight is 314 g/mol. The van der Waals surface area contributed by atoms with Crippen molar-refractivity contribution in [3.8, 4) is 0 Å². The largest absolute Gasteiger partial charge is 0.353 e. The number of hydrogen-bond acceptors (Lipinski definition) is 1. The number of halogens is 2. The van der Waals surface area contributed by atoms with Crippen LogP contribution in [0.4, 0.5) is 4.39 Å². The topological polar surface area (TPSA) is 36.4 Å². The molecule has 0 spiro atoms. The van der Waals surface area contributed by atoms with Crippen LogP contribution in [0, 0.1) is 11.7 Å². The van der Waals surface area contributed by atoms with Crippen molar-refractivity contribution < 1.29 is 4.39 Å². The van der Waals surface area contributed by atoms with Crippen molar-refractivity contribution >= 4 is 21.9 Å². The Morgan fingerprint density at radius 2 is 2.28 bits per heavy atom. The van der Waals surface area contributed by atoms with Gasteiger partial charge in [0.1, 0.15) is 5.82 Å². The molecule has 0 aliphatic heterocycles. The van der Waals surface area contributed by atoms with Gasteiger partial charge in [0.05, 0.1) is 0 Å². The van der Waals surface area contributed by atoms with E-state index >= 15 is 0 Å².